The van der Waals surface area contributed by atoms with Gasteiger partial charge in [-0.3, -0.25) is 14.6 Å². The zero-order valence-electron chi connectivity index (χ0n) is 17.0. The zero-order valence-corrected chi connectivity index (χ0v) is 19.4. The average Bonchev–Trinajstić information content (AvgIpc) is 3.21. The lowest BCUT2D eigenvalue weighted by molar-refractivity contribution is -0.117. The molecule has 0 unspecified atom stereocenters. The van der Waals surface area contributed by atoms with Crippen LogP contribution < -0.4 is 5.32 Å². The standard InChI is InChI=1S/C23H25BrN4OS/c1-17-13-19(24)7-8-21(17)26-22(29)15-28-11-9-27(10-12-28)14-20-16-30-23(25-20)18-5-3-2-4-6-18/h2-8,13,16H,9-12,14-15H2,1H3,(H,26,29). The van der Waals surface area contributed by atoms with E-state index in [4.69, 9.17) is 4.98 Å². The number of rotatable bonds is 6. The van der Waals surface area contributed by atoms with Crippen LogP contribution in [0.5, 0.6) is 0 Å². The molecule has 0 radical (unpaired) electrons. The van der Waals surface area contributed by atoms with Crippen molar-refractivity contribution in [2.24, 2.45) is 0 Å². The number of hydrogen-bond acceptors (Lipinski definition) is 5. The second kappa shape index (κ2) is 9.83. The molecule has 5 nitrogen and oxygen atoms in total. The zero-order chi connectivity index (χ0) is 20.9. The number of thiazole rings is 1. The van der Waals surface area contributed by atoms with E-state index in [9.17, 15) is 4.79 Å². The van der Waals surface area contributed by atoms with Gasteiger partial charge in [-0.15, -0.1) is 11.3 Å². The van der Waals surface area contributed by atoms with Crippen molar-refractivity contribution in [3.05, 3.63) is 69.6 Å². The van der Waals surface area contributed by atoms with Gasteiger partial charge in [-0.25, -0.2) is 4.98 Å². The quantitative estimate of drug-likeness (QED) is 0.553. The Morgan fingerprint density at radius 2 is 1.83 bits per heavy atom. The summed E-state index contributed by atoms with van der Waals surface area (Å²) >= 11 is 5.15. The highest BCUT2D eigenvalue weighted by atomic mass is 79.9. The van der Waals surface area contributed by atoms with E-state index in [-0.39, 0.29) is 5.91 Å². The summed E-state index contributed by atoms with van der Waals surface area (Å²) in [5, 5.41) is 6.26. The topological polar surface area (TPSA) is 48.5 Å². The number of hydrogen-bond donors (Lipinski definition) is 1. The molecule has 1 aliphatic rings. The van der Waals surface area contributed by atoms with Crippen molar-refractivity contribution in [1.82, 2.24) is 14.8 Å². The molecule has 1 N–H and O–H groups in total. The van der Waals surface area contributed by atoms with Crippen molar-refractivity contribution in [2.75, 3.05) is 38.0 Å². The number of halogens is 1. The van der Waals surface area contributed by atoms with Crippen LogP contribution in [0.4, 0.5) is 5.69 Å². The second-order valence-electron chi connectivity index (χ2n) is 7.57. The van der Waals surface area contributed by atoms with Gasteiger partial charge < -0.3 is 5.32 Å². The molecule has 1 fully saturated rings. The summed E-state index contributed by atoms with van der Waals surface area (Å²) in [4.78, 5) is 21.9. The first-order valence-corrected chi connectivity index (χ1v) is 11.7. The van der Waals surface area contributed by atoms with E-state index < -0.39 is 0 Å². The van der Waals surface area contributed by atoms with Gasteiger partial charge >= 0.3 is 0 Å². The third-order valence-corrected chi connectivity index (χ3v) is 6.69. The van der Waals surface area contributed by atoms with Crippen molar-refractivity contribution in [3.8, 4) is 10.6 Å². The minimum Gasteiger partial charge on any atom is -0.325 e. The Kier molecular flexibility index (Phi) is 6.94. The van der Waals surface area contributed by atoms with Crippen LogP contribution in [0.1, 0.15) is 11.3 Å². The summed E-state index contributed by atoms with van der Waals surface area (Å²) in [5.41, 5.74) is 4.22. The number of benzene rings is 2. The van der Waals surface area contributed by atoms with E-state index in [0.29, 0.717) is 6.54 Å². The van der Waals surface area contributed by atoms with Crippen molar-refractivity contribution >= 4 is 38.9 Å². The molecule has 3 aromatic rings. The monoisotopic (exact) mass is 484 g/mol. The van der Waals surface area contributed by atoms with Crippen LogP contribution in [0, 0.1) is 6.92 Å². The summed E-state index contributed by atoms with van der Waals surface area (Å²) in [6.07, 6.45) is 0. The third-order valence-electron chi connectivity index (χ3n) is 5.25. The van der Waals surface area contributed by atoms with Gasteiger partial charge in [-0.1, -0.05) is 46.3 Å². The molecule has 156 valence electrons. The Morgan fingerprint density at radius 3 is 2.57 bits per heavy atom. The van der Waals surface area contributed by atoms with E-state index in [1.807, 2.05) is 43.3 Å². The fourth-order valence-corrected chi connectivity index (χ4v) is 4.88. The number of aromatic nitrogens is 1. The highest BCUT2D eigenvalue weighted by Gasteiger charge is 2.20. The normalized spacial score (nSPS) is 15.3. The third kappa shape index (κ3) is 5.55. The Hall–Kier alpha value is -2.06. The summed E-state index contributed by atoms with van der Waals surface area (Å²) in [7, 11) is 0. The second-order valence-corrected chi connectivity index (χ2v) is 9.34. The van der Waals surface area contributed by atoms with Crippen molar-refractivity contribution in [1.29, 1.82) is 0 Å². The van der Waals surface area contributed by atoms with Gasteiger partial charge in [-0.05, 0) is 30.7 Å². The van der Waals surface area contributed by atoms with Gasteiger partial charge in [-0.2, -0.15) is 0 Å². The molecule has 2 heterocycles. The number of nitrogens with zero attached hydrogens (tertiary/aromatic N) is 3. The van der Waals surface area contributed by atoms with Crippen LogP contribution >= 0.6 is 27.3 Å². The van der Waals surface area contributed by atoms with Crippen LogP contribution in [0.15, 0.2) is 58.4 Å². The maximum atomic E-state index is 12.4. The molecule has 30 heavy (non-hydrogen) atoms. The molecule has 0 aliphatic carbocycles. The lowest BCUT2D eigenvalue weighted by Crippen LogP contribution is -2.48. The number of carbonyl (C=O) groups excluding carboxylic acids is 1. The molecule has 7 heteroatoms. The maximum Gasteiger partial charge on any atom is 0.238 e. The highest BCUT2D eigenvalue weighted by Crippen LogP contribution is 2.24. The molecule has 4 rings (SSSR count). The van der Waals surface area contributed by atoms with Crippen LogP contribution in [0.25, 0.3) is 10.6 Å². The van der Waals surface area contributed by atoms with Gasteiger partial charge in [0.15, 0.2) is 0 Å². The number of piperazine rings is 1. The van der Waals surface area contributed by atoms with E-state index in [2.05, 4.69) is 48.6 Å². The molecule has 1 aliphatic heterocycles. The van der Waals surface area contributed by atoms with Crippen molar-refractivity contribution in [2.45, 2.75) is 13.5 Å². The molecule has 0 bridgehead atoms. The van der Waals surface area contributed by atoms with Gasteiger partial charge in [0.1, 0.15) is 5.01 Å². The first-order chi connectivity index (χ1) is 14.6. The van der Waals surface area contributed by atoms with Crippen molar-refractivity contribution < 1.29 is 4.79 Å². The summed E-state index contributed by atoms with van der Waals surface area (Å²) in [6, 6.07) is 16.2. The van der Waals surface area contributed by atoms with E-state index >= 15 is 0 Å². The molecule has 0 spiro atoms. The molecule has 2 aromatic carbocycles. The Morgan fingerprint density at radius 1 is 1.10 bits per heavy atom. The lowest BCUT2D eigenvalue weighted by Gasteiger charge is -2.33. The first kappa shape index (κ1) is 21.2. The minimum atomic E-state index is 0.0425. The maximum absolute atomic E-state index is 12.4. The number of carbonyl (C=O) groups is 1. The largest absolute Gasteiger partial charge is 0.325 e. The van der Waals surface area contributed by atoms with E-state index in [1.165, 1.54) is 5.56 Å². The van der Waals surface area contributed by atoms with E-state index in [1.54, 1.807) is 11.3 Å². The number of anilines is 1. The fraction of sp³-hybridized carbons (Fsp3) is 0.304. The van der Waals surface area contributed by atoms with Crippen LogP contribution in [-0.2, 0) is 11.3 Å². The van der Waals surface area contributed by atoms with Crippen molar-refractivity contribution in [3.63, 3.8) is 0 Å². The van der Waals surface area contributed by atoms with Crippen LogP contribution in [0.2, 0.25) is 0 Å². The summed E-state index contributed by atoms with van der Waals surface area (Å²) < 4.78 is 1.02. The molecule has 1 saturated heterocycles. The predicted molar refractivity (Wildman–Crippen MR) is 127 cm³/mol. The number of aryl methyl sites for hydroxylation is 1. The van der Waals surface area contributed by atoms with Gasteiger partial charge in [0.25, 0.3) is 0 Å². The number of amides is 1. The Labute approximate surface area is 189 Å². The van der Waals surface area contributed by atoms with Gasteiger partial charge in [0.2, 0.25) is 5.91 Å². The van der Waals surface area contributed by atoms with E-state index in [0.717, 1.165) is 59.1 Å². The molecular weight excluding hydrogens is 460 g/mol. The molecular formula is C23H25BrN4OS. The molecule has 0 saturated carbocycles. The van der Waals surface area contributed by atoms with Crippen LogP contribution in [0.3, 0.4) is 0 Å². The molecule has 0 atom stereocenters. The van der Waals surface area contributed by atoms with Gasteiger partial charge in [0, 0.05) is 53.8 Å². The smallest absolute Gasteiger partial charge is 0.238 e. The Bertz CT molecular complexity index is 999. The van der Waals surface area contributed by atoms with Gasteiger partial charge in [0.05, 0.1) is 12.2 Å². The molecule has 1 amide bonds. The summed E-state index contributed by atoms with van der Waals surface area (Å²) in [5.74, 6) is 0.0425. The van der Waals surface area contributed by atoms with Crippen LogP contribution in [-0.4, -0.2) is 53.4 Å². The molecule has 1 aromatic heterocycles. The first-order valence-electron chi connectivity index (χ1n) is 10.1. The SMILES string of the molecule is Cc1cc(Br)ccc1NC(=O)CN1CCN(Cc2csc(-c3ccccc3)n2)CC1. The number of nitrogens with one attached hydrogen (secondary N) is 1. The Balaban J connectivity index is 1.24. The highest BCUT2D eigenvalue weighted by molar-refractivity contribution is 9.10. The predicted octanol–water partition coefficient (Wildman–Crippen LogP) is 4.64. The lowest BCUT2D eigenvalue weighted by atomic mass is 10.2. The summed E-state index contributed by atoms with van der Waals surface area (Å²) in [6.45, 7) is 6.97. The average molecular weight is 485 g/mol. The minimum absolute atomic E-state index is 0.0425. The fourth-order valence-electron chi connectivity index (χ4n) is 3.59.